The number of piperazine rings is 1. The van der Waals surface area contributed by atoms with Gasteiger partial charge in [0, 0.05) is 53.4 Å². The van der Waals surface area contributed by atoms with Crippen molar-refractivity contribution < 1.29 is 9.59 Å². The van der Waals surface area contributed by atoms with E-state index < -0.39 is 0 Å². The van der Waals surface area contributed by atoms with Crippen LogP contribution in [0.5, 0.6) is 0 Å². The van der Waals surface area contributed by atoms with E-state index in [9.17, 15) is 9.59 Å². The predicted molar refractivity (Wildman–Crippen MR) is 82.1 cm³/mol. The van der Waals surface area contributed by atoms with Gasteiger partial charge in [-0.15, -0.1) is 0 Å². The maximum Gasteiger partial charge on any atom is 0.319 e. The predicted octanol–water partition coefficient (Wildman–Crippen LogP) is 0.687. The summed E-state index contributed by atoms with van der Waals surface area (Å²) in [5.74, 6) is 0.252. The third-order valence-electron chi connectivity index (χ3n) is 4.54. The number of hydrogen-bond acceptors (Lipinski definition) is 3. The molecule has 2 aliphatic heterocycles. The maximum atomic E-state index is 12.5. The van der Waals surface area contributed by atoms with Gasteiger partial charge in [0.2, 0.25) is 5.91 Å². The lowest BCUT2D eigenvalue weighted by Gasteiger charge is -2.40. The number of carbonyl (C=O) groups is 2. The average molecular weight is 296 g/mol. The van der Waals surface area contributed by atoms with Gasteiger partial charge in [-0.25, -0.2) is 4.79 Å². The topological polar surface area (TPSA) is 47.1 Å². The first-order chi connectivity index (χ1) is 10.0. The van der Waals surface area contributed by atoms with E-state index in [0.717, 1.165) is 39.0 Å². The van der Waals surface area contributed by atoms with Crippen LogP contribution in [0.1, 0.15) is 26.2 Å². The molecular formula is C15H28N4O2. The molecule has 0 aromatic carbocycles. The Kier molecular flexibility index (Phi) is 5.45. The van der Waals surface area contributed by atoms with Crippen LogP contribution < -0.4 is 0 Å². The molecule has 0 N–H and O–H groups in total. The van der Waals surface area contributed by atoms with E-state index in [4.69, 9.17) is 0 Å². The molecule has 0 spiro atoms. The van der Waals surface area contributed by atoms with Crippen LogP contribution >= 0.6 is 0 Å². The van der Waals surface area contributed by atoms with Gasteiger partial charge in [0.05, 0.1) is 6.04 Å². The zero-order valence-corrected chi connectivity index (χ0v) is 13.5. The number of carbonyl (C=O) groups excluding carboxylic acids is 2. The van der Waals surface area contributed by atoms with Crippen molar-refractivity contribution in [2.45, 2.75) is 32.2 Å². The number of rotatable bonds is 2. The van der Waals surface area contributed by atoms with Crippen LogP contribution in [0.2, 0.25) is 0 Å². The molecule has 0 aromatic heterocycles. The van der Waals surface area contributed by atoms with Crippen molar-refractivity contribution in [1.82, 2.24) is 19.6 Å². The van der Waals surface area contributed by atoms with Gasteiger partial charge >= 0.3 is 6.03 Å². The monoisotopic (exact) mass is 296 g/mol. The first-order valence-corrected chi connectivity index (χ1v) is 8.00. The molecule has 2 aliphatic rings. The quantitative estimate of drug-likeness (QED) is 0.753. The standard InChI is InChI=1S/C15H28N4O2/c1-13(14(20)18-7-5-4-6-8-18)17-9-11-19(12-10-17)15(21)16(2)3/h13H,4-12H2,1-3H3. The highest BCUT2D eigenvalue weighted by Gasteiger charge is 2.30. The highest BCUT2D eigenvalue weighted by molar-refractivity contribution is 5.81. The summed E-state index contributed by atoms with van der Waals surface area (Å²) < 4.78 is 0. The van der Waals surface area contributed by atoms with Gasteiger partial charge < -0.3 is 14.7 Å². The van der Waals surface area contributed by atoms with Gasteiger partial charge in [0.15, 0.2) is 0 Å². The molecule has 0 aliphatic carbocycles. The molecule has 0 saturated carbocycles. The van der Waals surface area contributed by atoms with Crippen LogP contribution in [0.4, 0.5) is 4.79 Å². The van der Waals surface area contributed by atoms with E-state index in [2.05, 4.69) is 4.90 Å². The Morgan fingerprint density at radius 1 is 0.857 bits per heavy atom. The van der Waals surface area contributed by atoms with Crippen molar-refractivity contribution in [2.24, 2.45) is 0 Å². The third kappa shape index (κ3) is 3.87. The number of piperidine rings is 1. The van der Waals surface area contributed by atoms with Gasteiger partial charge in [0.25, 0.3) is 0 Å². The van der Waals surface area contributed by atoms with Gasteiger partial charge in [-0.1, -0.05) is 0 Å². The highest BCUT2D eigenvalue weighted by Crippen LogP contribution is 2.14. The molecular weight excluding hydrogens is 268 g/mol. The van der Waals surface area contributed by atoms with E-state index in [1.165, 1.54) is 6.42 Å². The highest BCUT2D eigenvalue weighted by atomic mass is 16.2. The number of hydrogen-bond donors (Lipinski definition) is 0. The molecule has 3 amide bonds. The Bertz CT molecular complexity index is 372. The summed E-state index contributed by atoms with van der Waals surface area (Å²) in [4.78, 5) is 32.1. The first-order valence-electron chi connectivity index (χ1n) is 8.00. The van der Waals surface area contributed by atoms with Crippen molar-refractivity contribution in [1.29, 1.82) is 0 Å². The minimum atomic E-state index is -0.0697. The van der Waals surface area contributed by atoms with Crippen molar-refractivity contribution >= 4 is 11.9 Å². The molecule has 6 heteroatoms. The second-order valence-corrected chi connectivity index (χ2v) is 6.26. The lowest BCUT2D eigenvalue weighted by Crippen LogP contribution is -2.57. The van der Waals surface area contributed by atoms with Crippen molar-refractivity contribution in [3.05, 3.63) is 0 Å². The molecule has 2 fully saturated rings. The van der Waals surface area contributed by atoms with Crippen molar-refractivity contribution in [3.8, 4) is 0 Å². The van der Waals surface area contributed by atoms with E-state index in [1.54, 1.807) is 19.0 Å². The molecule has 2 heterocycles. The summed E-state index contributed by atoms with van der Waals surface area (Å²) in [6.45, 7) is 6.77. The van der Waals surface area contributed by atoms with Crippen molar-refractivity contribution in [3.63, 3.8) is 0 Å². The Balaban J connectivity index is 1.83. The molecule has 21 heavy (non-hydrogen) atoms. The summed E-state index contributed by atoms with van der Waals surface area (Å²) in [5.41, 5.74) is 0. The smallest absolute Gasteiger partial charge is 0.319 e. The van der Waals surface area contributed by atoms with Crippen LogP contribution in [-0.2, 0) is 4.79 Å². The van der Waals surface area contributed by atoms with E-state index in [-0.39, 0.29) is 18.0 Å². The zero-order valence-electron chi connectivity index (χ0n) is 13.5. The normalized spacial score (nSPS) is 22.0. The average Bonchev–Trinajstić information content (AvgIpc) is 2.53. The largest absolute Gasteiger partial charge is 0.341 e. The molecule has 2 rings (SSSR count). The van der Waals surface area contributed by atoms with Crippen LogP contribution in [-0.4, -0.2) is 90.9 Å². The van der Waals surface area contributed by atoms with Crippen LogP contribution in [0.3, 0.4) is 0 Å². The molecule has 2 saturated heterocycles. The van der Waals surface area contributed by atoms with Gasteiger partial charge in [-0.2, -0.15) is 0 Å². The molecule has 120 valence electrons. The fourth-order valence-electron chi connectivity index (χ4n) is 3.12. The van der Waals surface area contributed by atoms with Gasteiger partial charge in [-0.3, -0.25) is 9.69 Å². The third-order valence-corrected chi connectivity index (χ3v) is 4.54. The second kappa shape index (κ2) is 7.11. The lowest BCUT2D eigenvalue weighted by atomic mass is 10.1. The first kappa shape index (κ1) is 16.1. The summed E-state index contributed by atoms with van der Waals surface area (Å²) >= 11 is 0. The zero-order chi connectivity index (χ0) is 15.4. The summed E-state index contributed by atoms with van der Waals surface area (Å²) in [6.07, 6.45) is 3.50. The summed E-state index contributed by atoms with van der Waals surface area (Å²) in [7, 11) is 3.55. The maximum absolute atomic E-state index is 12.5. The molecule has 0 bridgehead atoms. The molecule has 0 aromatic rings. The Morgan fingerprint density at radius 2 is 1.43 bits per heavy atom. The molecule has 0 radical (unpaired) electrons. The SMILES string of the molecule is CC(C(=O)N1CCCCC1)N1CCN(C(=O)N(C)C)CC1. The molecule has 1 unspecified atom stereocenters. The van der Waals surface area contributed by atoms with E-state index >= 15 is 0 Å². The summed E-state index contributed by atoms with van der Waals surface area (Å²) in [6, 6.07) is -0.00984. The van der Waals surface area contributed by atoms with E-state index in [0.29, 0.717) is 13.1 Å². The number of urea groups is 1. The number of nitrogens with zero attached hydrogens (tertiary/aromatic N) is 4. The van der Waals surface area contributed by atoms with Gasteiger partial charge in [-0.05, 0) is 26.2 Å². The van der Waals surface area contributed by atoms with E-state index in [1.807, 2.05) is 16.7 Å². The summed E-state index contributed by atoms with van der Waals surface area (Å²) in [5, 5.41) is 0. The Morgan fingerprint density at radius 3 is 1.95 bits per heavy atom. The van der Waals surface area contributed by atoms with Crippen LogP contribution in [0.25, 0.3) is 0 Å². The fourth-order valence-corrected chi connectivity index (χ4v) is 3.12. The Hall–Kier alpha value is -1.30. The lowest BCUT2D eigenvalue weighted by molar-refractivity contribution is -0.137. The van der Waals surface area contributed by atoms with Crippen molar-refractivity contribution in [2.75, 3.05) is 53.4 Å². The number of amides is 3. The molecule has 1 atom stereocenters. The fraction of sp³-hybridized carbons (Fsp3) is 0.867. The molecule has 6 nitrogen and oxygen atoms in total. The minimum Gasteiger partial charge on any atom is -0.341 e. The Labute approximate surface area is 127 Å². The van der Waals surface area contributed by atoms with Crippen LogP contribution in [0, 0.1) is 0 Å². The minimum absolute atomic E-state index is 0.0599. The van der Waals surface area contributed by atoms with Crippen LogP contribution in [0.15, 0.2) is 0 Å². The number of likely N-dealkylation sites (tertiary alicyclic amines) is 1. The second-order valence-electron chi connectivity index (χ2n) is 6.26. The van der Waals surface area contributed by atoms with Gasteiger partial charge in [0.1, 0.15) is 0 Å².